The third kappa shape index (κ3) is 4.84. The van der Waals surface area contributed by atoms with Crippen molar-refractivity contribution in [3.8, 4) is 17.1 Å². The van der Waals surface area contributed by atoms with E-state index in [1.54, 1.807) is 71.6 Å². The maximum atomic E-state index is 13.4. The number of thioether (sulfide) groups is 1. The standard InChI is InChI=1S/C22H16FN5O2S/c23-17-6-8-18(9-7-17)28-20(15-10-12-24-13-11-15)26-27-22(28)31-14-19(29)25-21(30)16-4-2-1-3-5-16/h1-13H,14H2,(H,25,29,30). The average molecular weight is 433 g/mol. The zero-order valence-electron chi connectivity index (χ0n) is 16.1. The summed E-state index contributed by atoms with van der Waals surface area (Å²) >= 11 is 1.12. The number of nitrogens with one attached hydrogen (secondary N) is 1. The number of carbonyl (C=O) groups excluding carboxylic acids is 2. The molecule has 0 bridgehead atoms. The summed E-state index contributed by atoms with van der Waals surface area (Å²) in [7, 11) is 0. The number of amides is 2. The van der Waals surface area contributed by atoms with Crippen LogP contribution in [-0.4, -0.2) is 37.3 Å². The van der Waals surface area contributed by atoms with Crippen molar-refractivity contribution >= 4 is 23.6 Å². The number of rotatable bonds is 6. The first-order valence-electron chi connectivity index (χ1n) is 9.25. The molecule has 0 aliphatic carbocycles. The molecule has 2 aromatic heterocycles. The van der Waals surface area contributed by atoms with Crippen molar-refractivity contribution in [1.82, 2.24) is 25.1 Å². The molecule has 2 heterocycles. The second kappa shape index (κ2) is 9.31. The Hall–Kier alpha value is -3.85. The van der Waals surface area contributed by atoms with Gasteiger partial charge in [0.15, 0.2) is 11.0 Å². The van der Waals surface area contributed by atoms with Crippen LogP contribution < -0.4 is 5.32 Å². The number of nitrogens with zero attached hydrogens (tertiary/aromatic N) is 4. The quantitative estimate of drug-likeness (QED) is 0.468. The van der Waals surface area contributed by atoms with Crippen LogP contribution in [0.2, 0.25) is 0 Å². The molecular formula is C22H16FN5O2S. The Balaban J connectivity index is 1.55. The Bertz CT molecular complexity index is 1200. The van der Waals surface area contributed by atoms with Crippen LogP contribution in [0.15, 0.2) is 84.3 Å². The summed E-state index contributed by atoms with van der Waals surface area (Å²) in [5.74, 6) is -0.817. The van der Waals surface area contributed by atoms with Gasteiger partial charge in [0.05, 0.1) is 5.75 Å². The summed E-state index contributed by atoms with van der Waals surface area (Å²) in [4.78, 5) is 28.5. The van der Waals surface area contributed by atoms with Gasteiger partial charge in [-0.25, -0.2) is 4.39 Å². The summed E-state index contributed by atoms with van der Waals surface area (Å²) in [5, 5.41) is 11.2. The van der Waals surface area contributed by atoms with Crippen LogP contribution in [-0.2, 0) is 4.79 Å². The topological polar surface area (TPSA) is 89.8 Å². The first kappa shape index (κ1) is 20.4. The van der Waals surface area contributed by atoms with Crippen LogP contribution in [0.3, 0.4) is 0 Å². The minimum Gasteiger partial charge on any atom is -0.292 e. The van der Waals surface area contributed by atoms with E-state index in [9.17, 15) is 14.0 Å². The molecule has 154 valence electrons. The molecule has 31 heavy (non-hydrogen) atoms. The lowest BCUT2D eigenvalue weighted by atomic mass is 10.2. The van der Waals surface area contributed by atoms with E-state index in [1.165, 1.54) is 12.1 Å². The monoisotopic (exact) mass is 433 g/mol. The Morgan fingerprint density at radius 2 is 1.65 bits per heavy atom. The van der Waals surface area contributed by atoms with Gasteiger partial charge < -0.3 is 0 Å². The smallest absolute Gasteiger partial charge is 0.257 e. The molecule has 0 radical (unpaired) electrons. The number of benzene rings is 2. The maximum absolute atomic E-state index is 13.4. The van der Waals surface area contributed by atoms with Crippen molar-refractivity contribution in [2.24, 2.45) is 0 Å². The molecular weight excluding hydrogens is 417 g/mol. The molecule has 4 aromatic rings. The molecule has 4 rings (SSSR count). The number of hydrogen-bond donors (Lipinski definition) is 1. The highest BCUT2D eigenvalue weighted by atomic mass is 32.2. The minimum atomic E-state index is -0.469. The van der Waals surface area contributed by atoms with E-state index in [0.29, 0.717) is 22.2 Å². The number of hydrogen-bond acceptors (Lipinski definition) is 6. The van der Waals surface area contributed by atoms with Gasteiger partial charge in [0.2, 0.25) is 5.91 Å². The highest BCUT2D eigenvalue weighted by Crippen LogP contribution is 2.27. The first-order valence-corrected chi connectivity index (χ1v) is 10.2. The van der Waals surface area contributed by atoms with Gasteiger partial charge >= 0.3 is 0 Å². The van der Waals surface area contributed by atoms with E-state index in [-0.39, 0.29) is 11.6 Å². The predicted molar refractivity (Wildman–Crippen MR) is 114 cm³/mol. The van der Waals surface area contributed by atoms with Crippen LogP contribution in [0.5, 0.6) is 0 Å². The van der Waals surface area contributed by atoms with Crippen LogP contribution in [0, 0.1) is 5.82 Å². The van der Waals surface area contributed by atoms with Crippen LogP contribution >= 0.6 is 11.8 Å². The van der Waals surface area contributed by atoms with E-state index in [1.807, 2.05) is 0 Å². The molecule has 0 unspecified atom stereocenters. The van der Waals surface area contributed by atoms with Crippen molar-refractivity contribution in [3.05, 3.63) is 90.5 Å². The molecule has 1 N–H and O–H groups in total. The molecule has 2 aromatic carbocycles. The third-order valence-corrected chi connectivity index (χ3v) is 5.21. The molecule has 0 aliphatic rings. The molecule has 9 heteroatoms. The van der Waals surface area contributed by atoms with Crippen molar-refractivity contribution < 1.29 is 14.0 Å². The Labute approximate surface area is 181 Å². The van der Waals surface area contributed by atoms with Gasteiger partial charge in [0, 0.05) is 29.2 Å². The molecule has 0 aliphatic heterocycles. The zero-order valence-corrected chi connectivity index (χ0v) is 16.9. The normalized spacial score (nSPS) is 10.6. The molecule has 0 saturated carbocycles. The summed E-state index contributed by atoms with van der Waals surface area (Å²) < 4.78 is 15.2. The number of carbonyl (C=O) groups is 2. The van der Waals surface area contributed by atoms with Crippen molar-refractivity contribution in [3.63, 3.8) is 0 Å². The van der Waals surface area contributed by atoms with Crippen molar-refractivity contribution in [1.29, 1.82) is 0 Å². The van der Waals surface area contributed by atoms with Gasteiger partial charge in [-0.3, -0.25) is 24.5 Å². The van der Waals surface area contributed by atoms with Crippen molar-refractivity contribution in [2.75, 3.05) is 5.75 Å². The minimum absolute atomic E-state index is 0.0474. The molecule has 0 saturated heterocycles. The van der Waals surface area contributed by atoms with Crippen LogP contribution in [0.1, 0.15) is 10.4 Å². The first-order chi connectivity index (χ1) is 15.1. The predicted octanol–water partition coefficient (Wildman–Crippen LogP) is 3.52. The van der Waals surface area contributed by atoms with Gasteiger partial charge in [-0.15, -0.1) is 10.2 Å². The van der Waals surface area contributed by atoms with E-state index >= 15 is 0 Å². The maximum Gasteiger partial charge on any atom is 0.257 e. The van der Waals surface area contributed by atoms with Gasteiger partial charge in [-0.05, 0) is 48.5 Å². The third-order valence-electron chi connectivity index (χ3n) is 4.28. The van der Waals surface area contributed by atoms with Crippen LogP contribution in [0.25, 0.3) is 17.1 Å². The van der Waals surface area contributed by atoms with Gasteiger partial charge in [0.1, 0.15) is 5.82 Å². The van der Waals surface area contributed by atoms with Crippen LogP contribution in [0.4, 0.5) is 4.39 Å². The van der Waals surface area contributed by atoms with Gasteiger partial charge in [-0.2, -0.15) is 0 Å². The average Bonchev–Trinajstić information content (AvgIpc) is 3.23. The van der Waals surface area contributed by atoms with E-state index in [2.05, 4.69) is 20.5 Å². The number of aromatic nitrogens is 4. The van der Waals surface area contributed by atoms with Crippen molar-refractivity contribution in [2.45, 2.75) is 5.16 Å². The molecule has 0 atom stereocenters. The van der Waals surface area contributed by atoms with E-state index < -0.39 is 11.8 Å². The lowest BCUT2D eigenvalue weighted by molar-refractivity contribution is -0.117. The Kier molecular flexibility index (Phi) is 6.13. The second-order valence-corrected chi connectivity index (χ2v) is 7.33. The molecule has 2 amide bonds. The van der Waals surface area contributed by atoms with E-state index in [4.69, 9.17) is 0 Å². The summed E-state index contributed by atoms with van der Waals surface area (Å²) in [6.07, 6.45) is 3.27. The summed E-state index contributed by atoms with van der Waals surface area (Å²) in [5.41, 5.74) is 1.80. The highest BCUT2D eigenvalue weighted by Gasteiger charge is 2.18. The fraction of sp³-hybridized carbons (Fsp3) is 0.0455. The number of pyridine rings is 1. The highest BCUT2D eigenvalue weighted by molar-refractivity contribution is 7.99. The molecule has 0 fully saturated rings. The largest absolute Gasteiger partial charge is 0.292 e. The Morgan fingerprint density at radius 1 is 0.935 bits per heavy atom. The second-order valence-electron chi connectivity index (χ2n) is 6.39. The van der Waals surface area contributed by atoms with Gasteiger partial charge in [-0.1, -0.05) is 30.0 Å². The summed E-state index contributed by atoms with van der Waals surface area (Å²) in [6, 6.07) is 17.9. The number of halogens is 1. The van der Waals surface area contributed by atoms with Gasteiger partial charge in [0.25, 0.3) is 5.91 Å². The molecule has 0 spiro atoms. The number of imide groups is 1. The Morgan fingerprint density at radius 3 is 2.35 bits per heavy atom. The molecule has 7 nitrogen and oxygen atoms in total. The van der Waals surface area contributed by atoms with E-state index in [0.717, 1.165) is 17.3 Å². The fourth-order valence-electron chi connectivity index (χ4n) is 2.83. The SMILES string of the molecule is O=C(CSc1nnc(-c2ccncc2)n1-c1ccc(F)cc1)NC(=O)c1ccccc1. The lowest BCUT2D eigenvalue weighted by Crippen LogP contribution is -2.31. The zero-order chi connectivity index (χ0) is 21.6. The summed E-state index contributed by atoms with van der Waals surface area (Å²) in [6.45, 7) is 0. The lowest BCUT2D eigenvalue weighted by Gasteiger charge is -2.10. The fourth-order valence-corrected chi connectivity index (χ4v) is 3.58.